The monoisotopic (exact) mass is 1150 g/mol. The molecule has 2 N–H and O–H groups in total. The van der Waals surface area contributed by atoms with Crippen molar-refractivity contribution in [1.29, 1.82) is 0 Å². The van der Waals surface area contributed by atoms with Crippen molar-refractivity contribution in [3.63, 3.8) is 0 Å². The van der Waals surface area contributed by atoms with Gasteiger partial charge in [0.25, 0.3) is 0 Å². The van der Waals surface area contributed by atoms with E-state index in [9.17, 15) is 19.8 Å². The predicted octanol–water partition coefficient (Wildman–Crippen LogP) is 16.4. The number of alkyl halides is 24. The Morgan fingerprint density at radius 1 is 0.256 bits per heavy atom. The minimum absolute atomic E-state index is 0.109. The van der Waals surface area contributed by atoms with Crippen molar-refractivity contribution in [3.05, 3.63) is 201 Å². The number of hydrogen-bond acceptors (Lipinski definition) is 2. The molecule has 0 aliphatic heterocycles. The Hall–Kier alpha value is -7.42. The van der Waals surface area contributed by atoms with Crippen molar-refractivity contribution in [2.24, 2.45) is 0 Å². The molecule has 0 spiro atoms. The number of carbonyl (C=O) groups is 2. The number of aromatic carboxylic acids is 2. The van der Waals surface area contributed by atoms with Gasteiger partial charge >= 0.3 is 61.3 Å². The summed E-state index contributed by atoms with van der Waals surface area (Å²) in [5.41, 5.74) is -46.7. The van der Waals surface area contributed by atoms with Crippen LogP contribution in [0.5, 0.6) is 0 Å². The maximum absolute atomic E-state index is 15.4. The molecule has 0 heterocycles. The molecule has 0 bridgehead atoms. The summed E-state index contributed by atoms with van der Waals surface area (Å²) in [6, 6.07) is 1.58. The van der Waals surface area contributed by atoms with Crippen LogP contribution in [0.1, 0.15) is 65.2 Å². The summed E-state index contributed by atoms with van der Waals surface area (Å²) in [6.07, 6.45) is -54.6. The normalized spacial score (nSPS) is 14.1. The Labute approximate surface area is 420 Å². The molecule has 0 unspecified atom stereocenters. The molecule has 0 radical (unpaired) electrons. The lowest BCUT2D eigenvalue weighted by Crippen LogP contribution is -2.57. The Morgan fingerprint density at radius 2 is 0.462 bits per heavy atom. The Bertz CT molecular complexity index is 2890. The van der Waals surface area contributed by atoms with Gasteiger partial charge in [-0.3, -0.25) is 0 Å². The second-order valence-corrected chi connectivity index (χ2v) is 17.0. The average Bonchev–Trinajstić information content (AvgIpc) is 3.33. The van der Waals surface area contributed by atoms with Crippen molar-refractivity contribution in [1.82, 2.24) is 0 Å². The van der Waals surface area contributed by atoms with Gasteiger partial charge in [0, 0.05) is 0 Å². The van der Waals surface area contributed by atoms with Crippen LogP contribution in [0, 0.1) is 0 Å². The molecule has 0 aliphatic rings. The molecule has 6 aromatic carbocycles. The van der Waals surface area contributed by atoms with Crippen LogP contribution in [0.15, 0.2) is 146 Å². The summed E-state index contributed by atoms with van der Waals surface area (Å²) >= 11 is 0. The second kappa shape index (κ2) is 19.2. The standard InChI is InChI=1S/C50H26F24O4/c51-43(52,53)39(44(54,55)56,31-19-21-33(37(75)76)35(23-31)41(47(63,64)65,48(66,67)68)27-7-3-1-4-8-27)29-15-11-25(12-16-29)26-13-17-30(18-14-26)40(45(57,58)59,46(60,61)62)32-20-22-34(38(77)78)36(24-32)42(49(69,70)71,50(72,73)74)28-9-5-2-6-10-28/h1-24H,(H,75,76)(H,77,78). The summed E-state index contributed by atoms with van der Waals surface area (Å²) < 4.78 is 366. The first-order valence-corrected chi connectivity index (χ1v) is 21.1. The van der Waals surface area contributed by atoms with E-state index in [0.29, 0.717) is 24.3 Å². The molecule has 0 aliphatic carbocycles. The average molecular weight is 1150 g/mol. The highest BCUT2D eigenvalue weighted by atomic mass is 19.4. The zero-order valence-corrected chi connectivity index (χ0v) is 37.6. The summed E-state index contributed by atoms with van der Waals surface area (Å²) in [4.78, 5) is 24.4. The van der Waals surface area contributed by atoms with Gasteiger partial charge in [-0.1, -0.05) is 133 Å². The molecule has 6 aromatic rings. The molecule has 78 heavy (non-hydrogen) atoms. The van der Waals surface area contributed by atoms with Crippen LogP contribution in [0.4, 0.5) is 105 Å². The Balaban J connectivity index is 1.60. The van der Waals surface area contributed by atoms with E-state index < -0.39 is 162 Å². The van der Waals surface area contributed by atoms with E-state index in [2.05, 4.69) is 0 Å². The topological polar surface area (TPSA) is 74.6 Å². The first-order chi connectivity index (χ1) is 35.5. The van der Waals surface area contributed by atoms with E-state index in [1.165, 1.54) is 0 Å². The Morgan fingerprint density at radius 3 is 0.667 bits per heavy atom. The summed E-state index contributed by atoms with van der Waals surface area (Å²) in [5.74, 6) is -5.39. The van der Waals surface area contributed by atoms with Crippen molar-refractivity contribution >= 4 is 11.9 Å². The van der Waals surface area contributed by atoms with Gasteiger partial charge in [0.15, 0.2) is 0 Å². The van der Waals surface area contributed by atoms with Gasteiger partial charge in [-0.25, -0.2) is 9.59 Å². The highest BCUT2D eigenvalue weighted by Gasteiger charge is 2.78. The van der Waals surface area contributed by atoms with Gasteiger partial charge in [0.1, 0.15) is 0 Å². The second-order valence-electron chi connectivity index (χ2n) is 17.0. The third kappa shape index (κ3) is 9.00. The first kappa shape index (κ1) is 59.8. The molecular weight excluding hydrogens is 1120 g/mol. The molecular formula is C50H26F24O4. The molecule has 4 nitrogen and oxygen atoms in total. The summed E-state index contributed by atoms with van der Waals surface area (Å²) in [5, 5.41) is 19.5. The van der Waals surface area contributed by atoms with Crippen LogP contribution in [-0.4, -0.2) is 71.6 Å². The van der Waals surface area contributed by atoms with Gasteiger partial charge in [-0.05, 0) is 67.8 Å². The molecule has 0 saturated heterocycles. The minimum atomic E-state index is -6.86. The van der Waals surface area contributed by atoms with Gasteiger partial charge in [0.2, 0.25) is 21.7 Å². The molecule has 28 heteroatoms. The SMILES string of the molecule is O=C(O)c1ccc(C(c2ccc(-c3ccc(C(c4ccc(C(=O)O)c(C(c5ccccc5)(C(F)(F)F)C(F)(F)F)c4)(C(F)(F)F)C(F)(F)F)cc3)cc2)(C(F)(F)F)C(F)(F)F)cc1C(c1ccccc1)(C(F)(F)F)C(F)(F)F. The summed E-state index contributed by atoms with van der Waals surface area (Å²) in [7, 11) is 0. The fourth-order valence-electron chi connectivity index (χ4n) is 9.61. The lowest BCUT2D eigenvalue weighted by Gasteiger charge is -2.42. The van der Waals surface area contributed by atoms with Crippen molar-refractivity contribution in [3.8, 4) is 11.1 Å². The highest BCUT2D eigenvalue weighted by molar-refractivity contribution is 5.91. The predicted molar refractivity (Wildman–Crippen MR) is 223 cm³/mol. The van der Waals surface area contributed by atoms with Crippen LogP contribution in [0.25, 0.3) is 11.1 Å². The lowest BCUT2D eigenvalue weighted by atomic mass is 9.67. The van der Waals surface area contributed by atoms with Crippen LogP contribution in [0.3, 0.4) is 0 Å². The molecule has 0 aromatic heterocycles. The smallest absolute Gasteiger partial charge is 0.411 e. The molecule has 6 rings (SSSR count). The third-order valence-electron chi connectivity index (χ3n) is 13.0. The van der Waals surface area contributed by atoms with E-state index >= 15 is 105 Å². The van der Waals surface area contributed by atoms with Crippen molar-refractivity contribution < 1.29 is 125 Å². The minimum Gasteiger partial charge on any atom is -0.478 e. The zero-order chi connectivity index (χ0) is 59.1. The number of rotatable bonds is 11. The van der Waals surface area contributed by atoms with Gasteiger partial charge in [0.05, 0.1) is 11.1 Å². The fraction of sp³-hybridized carbons (Fsp3) is 0.240. The lowest BCUT2D eigenvalue weighted by molar-refractivity contribution is -0.292. The number of carboxylic acid groups (broad SMARTS) is 2. The van der Waals surface area contributed by atoms with Crippen LogP contribution in [-0.2, 0) is 21.7 Å². The maximum Gasteiger partial charge on any atom is 0.411 e. The van der Waals surface area contributed by atoms with Gasteiger partial charge in [-0.15, -0.1) is 0 Å². The van der Waals surface area contributed by atoms with E-state index in [1.54, 1.807) is 0 Å². The van der Waals surface area contributed by atoms with E-state index in [-0.39, 0.29) is 97.1 Å². The number of halogens is 24. The highest BCUT2D eigenvalue weighted by Crippen LogP contribution is 2.63. The van der Waals surface area contributed by atoms with Crippen molar-refractivity contribution in [2.45, 2.75) is 71.1 Å². The molecule has 418 valence electrons. The zero-order valence-electron chi connectivity index (χ0n) is 37.6. The van der Waals surface area contributed by atoms with E-state index in [0.717, 1.165) is 12.1 Å². The molecule has 0 saturated carbocycles. The first-order valence-electron chi connectivity index (χ1n) is 21.1. The summed E-state index contributed by atoms with van der Waals surface area (Å²) in [6.45, 7) is 0. The number of hydrogen-bond donors (Lipinski definition) is 2. The van der Waals surface area contributed by atoms with E-state index in [1.807, 2.05) is 0 Å². The van der Waals surface area contributed by atoms with Gasteiger partial charge in [-0.2, -0.15) is 105 Å². The van der Waals surface area contributed by atoms with E-state index in [4.69, 9.17) is 0 Å². The quantitative estimate of drug-likeness (QED) is 0.127. The van der Waals surface area contributed by atoms with Gasteiger partial charge < -0.3 is 10.2 Å². The number of carboxylic acids is 2. The maximum atomic E-state index is 15.4. The third-order valence-corrected chi connectivity index (χ3v) is 13.0. The van der Waals surface area contributed by atoms with Crippen LogP contribution in [0.2, 0.25) is 0 Å². The molecule has 0 atom stereocenters. The van der Waals surface area contributed by atoms with Crippen LogP contribution >= 0.6 is 0 Å². The Kier molecular flexibility index (Phi) is 14.7. The fourth-order valence-corrected chi connectivity index (χ4v) is 9.61. The number of benzene rings is 6. The molecule has 0 amide bonds. The van der Waals surface area contributed by atoms with Crippen molar-refractivity contribution in [2.75, 3.05) is 0 Å². The largest absolute Gasteiger partial charge is 0.478 e. The molecule has 0 fully saturated rings. The van der Waals surface area contributed by atoms with Crippen LogP contribution < -0.4 is 0 Å².